The van der Waals surface area contributed by atoms with E-state index in [9.17, 15) is 19.2 Å². The molecule has 0 bridgehead atoms. The first-order valence-electron chi connectivity index (χ1n) is 15.0. The number of hydrogen-bond donors (Lipinski definition) is 4. The van der Waals surface area contributed by atoms with Crippen LogP contribution < -0.4 is 21.3 Å². The Hall–Kier alpha value is -4.08. The maximum Gasteiger partial charge on any atom is 0.407 e. The average molecular weight is 583 g/mol. The Morgan fingerprint density at radius 2 is 0.810 bits per heavy atom. The number of carbonyl (C=O) groups is 4. The summed E-state index contributed by atoms with van der Waals surface area (Å²) in [6.07, 6.45) is 6.43. The van der Waals surface area contributed by atoms with Gasteiger partial charge in [-0.15, -0.1) is 0 Å². The van der Waals surface area contributed by atoms with E-state index >= 15 is 0 Å². The molecule has 230 valence electrons. The zero-order valence-electron chi connectivity index (χ0n) is 24.5. The fraction of sp³-hybridized carbons (Fsp3) is 0.500. The van der Waals surface area contributed by atoms with Crippen molar-refractivity contribution < 1.29 is 28.7 Å². The zero-order chi connectivity index (χ0) is 30.1. The van der Waals surface area contributed by atoms with Crippen LogP contribution in [0.3, 0.4) is 0 Å². The molecule has 0 saturated heterocycles. The summed E-state index contributed by atoms with van der Waals surface area (Å²) in [5.74, 6) is 0.0430. The molecule has 2 rings (SSSR count). The van der Waals surface area contributed by atoms with Crippen molar-refractivity contribution in [1.82, 2.24) is 21.3 Å². The van der Waals surface area contributed by atoms with Crippen molar-refractivity contribution in [2.45, 2.75) is 77.4 Å². The van der Waals surface area contributed by atoms with E-state index in [0.717, 1.165) is 62.5 Å². The van der Waals surface area contributed by atoms with Crippen molar-refractivity contribution in [2.75, 3.05) is 26.2 Å². The average Bonchev–Trinajstić information content (AvgIpc) is 3.01. The second-order valence-electron chi connectivity index (χ2n) is 10.0. The number of ether oxygens (including phenoxy) is 2. The van der Waals surface area contributed by atoms with Crippen LogP contribution in [-0.2, 0) is 32.3 Å². The number of benzene rings is 2. The molecule has 4 amide bonds. The SMILES string of the molecule is O=C(CCCCCNC(=O)OCc1ccccc1)NCCCCNC(=O)CCCCCNC(=O)OCc1ccccc1. The lowest BCUT2D eigenvalue weighted by Gasteiger charge is -2.08. The Morgan fingerprint density at radius 1 is 0.452 bits per heavy atom. The Bertz CT molecular complexity index is 952. The Labute approximate surface area is 249 Å². The third-order valence-corrected chi connectivity index (χ3v) is 6.37. The van der Waals surface area contributed by atoms with Crippen molar-refractivity contribution in [3.63, 3.8) is 0 Å². The molecule has 2 aromatic rings. The molecule has 0 fully saturated rings. The molecule has 0 unspecified atom stereocenters. The second kappa shape index (κ2) is 22.6. The molecular formula is C32H46N4O6. The third-order valence-electron chi connectivity index (χ3n) is 6.37. The monoisotopic (exact) mass is 582 g/mol. The molecule has 10 heteroatoms. The molecule has 42 heavy (non-hydrogen) atoms. The van der Waals surface area contributed by atoms with Gasteiger partial charge in [-0.1, -0.05) is 73.5 Å². The first-order chi connectivity index (χ1) is 20.5. The Morgan fingerprint density at radius 3 is 1.21 bits per heavy atom. The number of nitrogens with one attached hydrogen (secondary N) is 4. The maximum atomic E-state index is 12.0. The van der Waals surface area contributed by atoms with Crippen LogP contribution in [0, 0.1) is 0 Å². The van der Waals surface area contributed by atoms with E-state index in [1.54, 1.807) is 0 Å². The van der Waals surface area contributed by atoms with Gasteiger partial charge >= 0.3 is 12.2 Å². The summed E-state index contributed by atoms with van der Waals surface area (Å²) in [7, 11) is 0. The molecule has 0 aliphatic rings. The molecule has 0 atom stereocenters. The summed E-state index contributed by atoms with van der Waals surface area (Å²) in [6.45, 7) is 2.70. The largest absolute Gasteiger partial charge is 0.445 e. The molecule has 4 N–H and O–H groups in total. The summed E-state index contributed by atoms with van der Waals surface area (Å²) in [4.78, 5) is 47.3. The van der Waals surface area contributed by atoms with Gasteiger partial charge in [0.05, 0.1) is 0 Å². The summed E-state index contributed by atoms with van der Waals surface area (Å²) in [5.41, 5.74) is 1.88. The standard InChI is InChI=1S/C32H46N4O6/c37-29(19-9-3-11-23-35-31(39)41-25-27-15-5-1-6-16-27)33-21-13-14-22-34-30(38)20-10-4-12-24-36-32(40)42-26-28-17-7-2-8-18-28/h1-2,5-8,15-18H,3-4,9-14,19-26H2,(H,33,37)(H,34,38)(H,35,39)(H,36,40). The van der Waals surface area contributed by atoms with Crippen molar-refractivity contribution in [3.05, 3.63) is 71.8 Å². The van der Waals surface area contributed by atoms with Crippen molar-refractivity contribution >= 4 is 24.0 Å². The quantitative estimate of drug-likeness (QED) is 0.154. The molecule has 0 aromatic heterocycles. The molecule has 0 radical (unpaired) electrons. The van der Waals surface area contributed by atoms with Crippen molar-refractivity contribution in [1.29, 1.82) is 0 Å². The van der Waals surface area contributed by atoms with E-state index in [2.05, 4.69) is 21.3 Å². The van der Waals surface area contributed by atoms with Gasteiger partial charge in [-0.25, -0.2) is 9.59 Å². The lowest BCUT2D eigenvalue weighted by molar-refractivity contribution is -0.122. The topological polar surface area (TPSA) is 135 Å². The van der Waals surface area contributed by atoms with Gasteiger partial charge in [-0.3, -0.25) is 9.59 Å². The first kappa shape index (κ1) is 34.1. The van der Waals surface area contributed by atoms with Gasteiger partial charge in [-0.05, 0) is 49.7 Å². The number of carbonyl (C=O) groups excluding carboxylic acids is 4. The number of hydrogen-bond acceptors (Lipinski definition) is 6. The predicted molar refractivity (Wildman–Crippen MR) is 161 cm³/mol. The van der Waals surface area contributed by atoms with Gasteiger partial charge in [0.1, 0.15) is 13.2 Å². The lowest BCUT2D eigenvalue weighted by atomic mass is 10.2. The molecular weight excluding hydrogens is 536 g/mol. The van der Waals surface area contributed by atoms with Crippen LogP contribution in [0.5, 0.6) is 0 Å². The molecule has 0 saturated carbocycles. The normalized spacial score (nSPS) is 10.4. The highest BCUT2D eigenvalue weighted by Crippen LogP contribution is 2.03. The van der Waals surface area contributed by atoms with Crippen LogP contribution in [0.15, 0.2) is 60.7 Å². The fourth-order valence-electron chi connectivity index (χ4n) is 3.99. The number of unbranched alkanes of at least 4 members (excludes halogenated alkanes) is 5. The maximum absolute atomic E-state index is 12.0. The molecule has 0 heterocycles. The minimum Gasteiger partial charge on any atom is -0.445 e. The summed E-state index contributed by atoms with van der Waals surface area (Å²) in [5, 5.41) is 11.3. The van der Waals surface area contributed by atoms with Crippen LogP contribution in [-0.4, -0.2) is 50.2 Å². The lowest BCUT2D eigenvalue weighted by Crippen LogP contribution is -2.27. The highest BCUT2D eigenvalue weighted by molar-refractivity contribution is 5.76. The van der Waals surface area contributed by atoms with Crippen LogP contribution in [0.1, 0.15) is 75.3 Å². The Kier molecular flexibility index (Phi) is 18.4. The number of amides is 4. The van der Waals surface area contributed by atoms with E-state index in [1.165, 1.54) is 0 Å². The predicted octanol–water partition coefficient (Wildman–Crippen LogP) is 4.97. The van der Waals surface area contributed by atoms with E-state index in [1.807, 2.05) is 60.7 Å². The highest BCUT2D eigenvalue weighted by Gasteiger charge is 2.05. The summed E-state index contributed by atoms with van der Waals surface area (Å²) < 4.78 is 10.3. The summed E-state index contributed by atoms with van der Waals surface area (Å²) in [6, 6.07) is 19.0. The van der Waals surface area contributed by atoms with Crippen LogP contribution >= 0.6 is 0 Å². The smallest absolute Gasteiger partial charge is 0.407 e. The van der Waals surface area contributed by atoms with Gasteiger partial charge in [0.25, 0.3) is 0 Å². The van der Waals surface area contributed by atoms with E-state index in [0.29, 0.717) is 39.0 Å². The minimum absolute atomic E-state index is 0.0215. The number of alkyl carbamates (subject to hydrolysis) is 2. The minimum atomic E-state index is -0.434. The van der Waals surface area contributed by atoms with Gasteiger partial charge in [0, 0.05) is 39.0 Å². The van der Waals surface area contributed by atoms with Crippen molar-refractivity contribution in [3.8, 4) is 0 Å². The summed E-state index contributed by atoms with van der Waals surface area (Å²) >= 11 is 0. The highest BCUT2D eigenvalue weighted by atomic mass is 16.6. The first-order valence-corrected chi connectivity index (χ1v) is 15.0. The molecule has 0 spiro atoms. The zero-order valence-corrected chi connectivity index (χ0v) is 24.5. The van der Waals surface area contributed by atoms with Crippen LogP contribution in [0.25, 0.3) is 0 Å². The van der Waals surface area contributed by atoms with Crippen molar-refractivity contribution in [2.24, 2.45) is 0 Å². The number of rotatable bonds is 21. The van der Waals surface area contributed by atoms with E-state index in [4.69, 9.17) is 9.47 Å². The van der Waals surface area contributed by atoms with Crippen LogP contribution in [0.4, 0.5) is 9.59 Å². The molecule has 0 aliphatic heterocycles. The van der Waals surface area contributed by atoms with Gasteiger partial charge in [-0.2, -0.15) is 0 Å². The van der Waals surface area contributed by atoms with Gasteiger partial charge in [0.2, 0.25) is 11.8 Å². The fourth-order valence-corrected chi connectivity index (χ4v) is 3.99. The second-order valence-corrected chi connectivity index (χ2v) is 10.0. The molecule has 2 aromatic carbocycles. The van der Waals surface area contributed by atoms with Gasteiger partial charge in [0.15, 0.2) is 0 Å². The third kappa shape index (κ3) is 18.3. The Balaban J connectivity index is 1.30. The van der Waals surface area contributed by atoms with Crippen LogP contribution in [0.2, 0.25) is 0 Å². The van der Waals surface area contributed by atoms with Gasteiger partial charge < -0.3 is 30.7 Å². The molecule has 10 nitrogen and oxygen atoms in total. The van der Waals surface area contributed by atoms with E-state index in [-0.39, 0.29) is 25.0 Å². The molecule has 0 aliphatic carbocycles. The van der Waals surface area contributed by atoms with E-state index < -0.39 is 12.2 Å².